The third-order valence-electron chi connectivity index (χ3n) is 3.87. The van der Waals surface area contributed by atoms with Crippen molar-refractivity contribution in [3.8, 4) is 0 Å². The number of rotatable bonds is 5. The van der Waals surface area contributed by atoms with Gasteiger partial charge in [-0.05, 0) is 31.7 Å². The first kappa shape index (κ1) is 13.9. The maximum atomic E-state index is 9.48. The van der Waals surface area contributed by atoms with Gasteiger partial charge in [0.1, 0.15) is 0 Å². The molecule has 1 aliphatic heterocycles. The van der Waals surface area contributed by atoms with Gasteiger partial charge >= 0.3 is 0 Å². The number of aliphatic hydroxyl groups is 1. The van der Waals surface area contributed by atoms with Crippen LogP contribution in [-0.2, 0) is 0 Å². The van der Waals surface area contributed by atoms with Gasteiger partial charge in [-0.25, -0.2) is 0 Å². The average Bonchev–Trinajstić information content (AvgIpc) is 2.21. The van der Waals surface area contributed by atoms with Gasteiger partial charge in [-0.3, -0.25) is 0 Å². The van der Waals surface area contributed by atoms with Crippen LogP contribution in [-0.4, -0.2) is 48.3 Å². The summed E-state index contributed by atoms with van der Waals surface area (Å²) in [4.78, 5) is 2.49. The zero-order valence-corrected chi connectivity index (χ0v) is 11.3. The number of nitrogens with zero attached hydrogens (tertiary/aromatic N) is 1. The summed E-state index contributed by atoms with van der Waals surface area (Å²) in [6.45, 7) is 13.3. The minimum absolute atomic E-state index is 0.0643. The van der Waals surface area contributed by atoms with E-state index in [-0.39, 0.29) is 11.5 Å². The Labute approximate surface area is 100 Å². The van der Waals surface area contributed by atoms with Crippen LogP contribution in [0.2, 0.25) is 0 Å². The Kier molecular flexibility index (Phi) is 5.22. The van der Waals surface area contributed by atoms with Gasteiger partial charge in [0.15, 0.2) is 0 Å². The van der Waals surface area contributed by atoms with E-state index in [2.05, 4.69) is 37.9 Å². The molecule has 0 aliphatic carbocycles. The molecule has 3 heteroatoms. The summed E-state index contributed by atoms with van der Waals surface area (Å²) in [6.07, 6.45) is 1.81. The summed E-state index contributed by atoms with van der Waals surface area (Å²) in [5, 5.41) is 13.0. The number of hydrogen-bond donors (Lipinski definition) is 2. The van der Waals surface area contributed by atoms with Crippen molar-refractivity contribution in [1.82, 2.24) is 10.2 Å². The molecule has 0 amide bonds. The second kappa shape index (κ2) is 5.99. The van der Waals surface area contributed by atoms with Gasteiger partial charge < -0.3 is 15.3 Å². The molecule has 0 aromatic carbocycles. The fourth-order valence-corrected chi connectivity index (χ4v) is 2.37. The average molecular weight is 228 g/mol. The van der Waals surface area contributed by atoms with Gasteiger partial charge in [0.2, 0.25) is 0 Å². The van der Waals surface area contributed by atoms with E-state index in [9.17, 15) is 5.11 Å². The van der Waals surface area contributed by atoms with Gasteiger partial charge in [0, 0.05) is 25.7 Å². The molecule has 0 aromatic heterocycles. The minimum atomic E-state index is -0.0643. The molecule has 1 fully saturated rings. The van der Waals surface area contributed by atoms with Crippen LogP contribution in [0.25, 0.3) is 0 Å². The standard InChI is InChI=1S/C13H28N2O/c1-5-14-11(2)13(3,4)10-15-8-6-12(16)7-9-15/h11-12,14,16H,5-10H2,1-4H3. The summed E-state index contributed by atoms with van der Waals surface area (Å²) < 4.78 is 0. The van der Waals surface area contributed by atoms with Crippen molar-refractivity contribution >= 4 is 0 Å². The van der Waals surface area contributed by atoms with Crippen LogP contribution in [0, 0.1) is 5.41 Å². The molecule has 0 saturated carbocycles. The van der Waals surface area contributed by atoms with Crippen molar-refractivity contribution in [2.45, 2.75) is 52.7 Å². The van der Waals surface area contributed by atoms with E-state index in [1.165, 1.54) is 0 Å². The molecule has 1 rings (SSSR count). The number of nitrogens with one attached hydrogen (secondary N) is 1. The predicted octanol–water partition coefficient (Wildman–Crippen LogP) is 1.47. The van der Waals surface area contributed by atoms with E-state index in [0.29, 0.717) is 6.04 Å². The zero-order chi connectivity index (χ0) is 12.2. The molecule has 3 nitrogen and oxygen atoms in total. The first-order valence-corrected chi connectivity index (χ1v) is 6.59. The van der Waals surface area contributed by atoms with Gasteiger partial charge in [-0.15, -0.1) is 0 Å². The van der Waals surface area contributed by atoms with E-state index in [1.807, 2.05) is 0 Å². The molecule has 1 saturated heterocycles. The first-order valence-electron chi connectivity index (χ1n) is 6.59. The summed E-state index contributed by atoms with van der Waals surface area (Å²) >= 11 is 0. The molecule has 0 aromatic rings. The van der Waals surface area contributed by atoms with Crippen molar-refractivity contribution in [2.75, 3.05) is 26.2 Å². The molecular formula is C13H28N2O. The molecule has 0 spiro atoms. The van der Waals surface area contributed by atoms with E-state index < -0.39 is 0 Å². The lowest BCUT2D eigenvalue weighted by atomic mass is 9.84. The van der Waals surface area contributed by atoms with Gasteiger partial charge in [0.25, 0.3) is 0 Å². The zero-order valence-electron chi connectivity index (χ0n) is 11.3. The summed E-state index contributed by atoms with van der Waals surface area (Å²) in [5.74, 6) is 0. The molecule has 1 atom stereocenters. The third kappa shape index (κ3) is 4.04. The molecule has 0 bridgehead atoms. The summed E-state index contributed by atoms with van der Waals surface area (Å²) in [6, 6.07) is 0.532. The van der Waals surface area contributed by atoms with Crippen LogP contribution in [0.3, 0.4) is 0 Å². The lowest BCUT2D eigenvalue weighted by molar-refractivity contribution is 0.0560. The van der Waals surface area contributed by atoms with E-state index in [4.69, 9.17) is 0 Å². The fraction of sp³-hybridized carbons (Fsp3) is 1.00. The quantitative estimate of drug-likeness (QED) is 0.748. The molecule has 1 heterocycles. The third-order valence-corrected chi connectivity index (χ3v) is 3.87. The largest absolute Gasteiger partial charge is 0.393 e. The van der Waals surface area contributed by atoms with E-state index in [0.717, 1.165) is 39.0 Å². The first-order chi connectivity index (χ1) is 7.45. The molecule has 16 heavy (non-hydrogen) atoms. The highest BCUT2D eigenvalue weighted by atomic mass is 16.3. The molecule has 96 valence electrons. The molecular weight excluding hydrogens is 200 g/mol. The summed E-state index contributed by atoms with van der Waals surface area (Å²) in [7, 11) is 0. The van der Waals surface area contributed by atoms with Crippen LogP contribution in [0.15, 0.2) is 0 Å². The SMILES string of the molecule is CCNC(C)C(C)(C)CN1CCC(O)CC1. The number of hydrogen-bond acceptors (Lipinski definition) is 3. The lowest BCUT2D eigenvalue weighted by Gasteiger charge is -2.39. The Morgan fingerprint density at radius 3 is 2.44 bits per heavy atom. The van der Waals surface area contributed by atoms with Crippen molar-refractivity contribution in [3.05, 3.63) is 0 Å². The van der Waals surface area contributed by atoms with Crippen LogP contribution >= 0.6 is 0 Å². The number of piperidine rings is 1. The van der Waals surface area contributed by atoms with E-state index in [1.54, 1.807) is 0 Å². The van der Waals surface area contributed by atoms with Crippen LogP contribution in [0.5, 0.6) is 0 Å². The van der Waals surface area contributed by atoms with E-state index >= 15 is 0 Å². The summed E-state index contributed by atoms with van der Waals surface area (Å²) in [5.41, 5.74) is 0.290. The van der Waals surface area contributed by atoms with Crippen LogP contribution < -0.4 is 5.32 Å². The topological polar surface area (TPSA) is 35.5 Å². The molecule has 2 N–H and O–H groups in total. The fourth-order valence-electron chi connectivity index (χ4n) is 2.37. The maximum Gasteiger partial charge on any atom is 0.0564 e. The molecule has 1 aliphatic rings. The minimum Gasteiger partial charge on any atom is -0.393 e. The molecule has 0 radical (unpaired) electrons. The van der Waals surface area contributed by atoms with Crippen molar-refractivity contribution in [2.24, 2.45) is 5.41 Å². The van der Waals surface area contributed by atoms with Crippen LogP contribution in [0.1, 0.15) is 40.5 Å². The van der Waals surface area contributed by atoms with Gasteiger partial charge in [-0.2, -0.15) is 0 Å². The predicted molar refractivity (Wildman–Crippen MR) is 68.6 cm³/mol. The van der Waals surface area contributed by atoms with Crippen molar-refractivity contribution < 1.29 is 5.11 Å². The van der Waals surface area contributed by atoms with Crippen LogP contribution in [0.4, 0.5) is 0 Å². The van der Waals surface area contributed by atoms with Gasteiger partial charge in [-0.1, -0.05) is 20.8 Å². The monoisotopic (exact) mass is 228 g/mol. The highest BCUT2D eigenvalue weighted by Crippen LogP contribution is 2.24. The smallest absolute Gasteiger partial charge is 0.0564 e. The Balaban J connectivity index is 2.39. The van der Waals surface area contributed by atoms with Crippen molar-refractivity contribution in [1.29, 1.82) is 0 Å². The highest BCUT2D eigenvalue weighted by Gasteiger charge is 2.29. The number of aliphatic hydroxyl groups excluding tert-OH is 1. The lowest BCUT2D eigenvalue weighted by Crippen LogP contribution is -2.49. The second-order valence-corrected chi connectivity index (χ2v) is 5.78. The Morgan fingerprint density at radius 2 is 1.94 bits per heavy atom. The van der Waals surface area contributed by atoms with Crippen molar-refractivity contribution in [3.63, 3.8) is 0 Å². The highest BCUT2D eigenvalue weighted by molar-refractivity contribution is 4.85. The Morgan fingerprint density at radius 1 is 1.38 bits per heavy atom. The Hall–Kier alpha value is -0.120. The number of likely N-dealkylation sites (tertiary alicyclic amines) is 1. The molecule has 1 unspecified atom stereocenters. The maximum absolute atomic E-state index is 9.48. The van der Waals surface area contributed by atoms with Gasteiger partial charge in [0.05, 0.1) is 6.10 Å². The normalized spacial score (nSPS) is 22.3. The second-order valence-electron chi connectivity index (χ2n) is 5.78. The Bertz CT molecular complexity index is 198.